The van der Waals surface area contributed by atoms with Gasteiger partial charge in [-0.1, -0.05) is 38.8 Å². The predicted octanol–water partition coefficient (Wildman–Crippen LogP) is 2.78. The number of nitrogens with one attached hydrogen (secondary N) is 1. The maximum Gasteiger partial charge on any atom is 0.257 e. The lowest BCUT2D eigenvalue weighted by molar-refractivity contribution is -0.129. The third-order valence-electron chi connectivity index (χ3n) is 6.13. The van der Waals surface area contributed by atoms with E-state index in [1.54, 1.807) is 7.11 Å². The molecular weight excluding hydrogens is 366 g/mol. The molecule has 1 heterocycles. The molecule has 0 spiro atoms. The summed E-state index contributed by atoms with van der Waals surface area (Å²) in [6.45, 7) is 7.69. The Morgan fingerprint density at radius 1 is 1.10 bits per heavy atom. The van der Waals surface area contributed by atoms with Crippen LogP contribution in [0, 0.1) is 11.8 Å². The minimum absolute atomic E-state index is 0.00350. The first-order chi connectivity index (χ1) is 14.0. The molecule has 6 nitrogen and oxygen atoms in total. The summed E-state index contributed by atoms with van der Waals surface area (Å²) in [4.78, 5) is 30.2. The van der Waals surface area contributed by atoms with E-state index in [4.69, 9.17) is 4.74 Å². The largest absolute Gasteiger partial charge is 0.496 e. The SMILES string of the molecule is COc1ccccc1C(=O)N1CCN([C@H](C(=O)NCC(C)C)C2CCCC2)CC1. The quantitative estimate of drug-likeness (QED) is 0.763. The van der Waals surface area contributed by atoms with Crippen molar-refractivity contribution >= 4 is 11.8 Å². The van der Waals surface area contributed by atoms with Gasteiger partial charge in [0, 0.05) is 32.7 Å². The number of hydrogen-bond acceptors (Lipinski definition) is 4. The van der Waals surface area contributed by atoms with Crippen molar-refractivity contribution in [3.8, 4) is 5.75 Å². The number of piperazine rings is 1. The average Bonchev–Trinajstić information content (AvgIpc) is 3.26. The second kappa shape index (κ2) is 10.1. The van der Waals surface area contributed by atoms with Crippen molar-refractivity contribution in [2.75, 3.05) is 39.8 Å². The topological polar surface area (TPSA) is 61.9 Å². The Morgan fingerprint density at radius 3 is 2.38 bits per heavy atom. The minimum Gasteiger partial charge on any atom is -0.496 e. The van der Waals surface area contributed by atoms with Crippen molar-refractivity contribution in [1.82, 2.24) is 15.1 Å². The zero-order valence-corrected chi connectivity index (χ0v) is 18.0. The van der Waals surface area contributed by atoms with Crippen molar-refractivity contribution in [2.24, 2.45) is 11.8 Å². The Balaban J connectivity index is 1.64. The summed E-state index contributed by atoms with van der Waals surface area (Å²) in [5, 5.41) is 3.15. The lowest BCUT2D eigenvalue weighted by Gasteiger charge is -2.41. The van der Waals surface area contributed by atoms with E-state index in [0.29, 0.717) is 42.8 Å². The van der Waals surface area contributed by atoms with Crippen molar-refractivity contribution in [1.29, 1.82) is 0 Å². The number of hydrogen-bond donors (Lipinski definition) is 1. The molecule has 1 aliphatic carbocycles. The minimum atomic E-state index is -0.0697. The normalized spacial score (nSPS) is 19.4. The van der Waals surface area contributed by atoms with E-state index in [-0.39, 0.29) is 17.9 Å². The number of para-hydroxylation sites is 1. The number of nitrogens with zero attached hydrogens (tertiary/aromatic N) is 2. The number of ether oxygens (including phenoxy) is 1. The monoisotopic (exact) mass is 401 g/mol. The fourth-order valence-corrected chi connectivity index (χ4v) is 4.56. The first-order valence-corrected chi connectivity index (χ1v) is 10.9. The lowest BCUT2D eigenvalue weighted by atomic mass is 9.94. The number of rotatable bonds is 7. The third-order valence-corrected chi connectivity index (χ3v) is 6.13. The molecule has 1 aromatic rings. The van der Waals surface area contributed by atoms with Crippen LogP contribution < -0.4 is 10.1 Å². The summed E-state index contributed by atoms with van der Waals surface area (Å²) in [6, 6.07) is 7.30. The van der Waals surface area contributed by atoms with Crippen LogP contribution in [0.15, 0.2) is 24.3 Å². The Hall–Kier alpha value is -2.08. The van der Waals surface area contributed by atoms with Gasteiger partial charge in [0.25, 0.3) is 5.91 Å². The van der Waals surface area contributed by atoms with E-state index in [9.17, 15) is 9.59 Å². The average molecular weight is 402 g/mol. The van der Waals surface area contributed by atoms with Gasteiger partial charge in [0.2, 0.25) is 5.91 Å². The second-order valence-electron chi connectivity index (χ2n) is 8.66. The van der Waals surface area contributed by atoms with Crippen molar-refractivity contribution in [3.05, 3.63) is 29.8 Å². The van der Waals surface area contributed by atoms with Gasteiger partial charge in [-0.2, -0.15) is 0 Å². The molecule has 1 saturated heterocycles. The first kappa shape index (κ1) is 21.6. The fourth-order valence-electron chi connectivity index (χ4n) is 4.56. The number of carbonyl (C=O) groups is 2. The zero-order chi connectivity index (χ0) is 20.8. The predicted molar refractivity (Wildman–Crippen MR) is 114 cm³/mol. The number of carbonyl (C=O) groups excluding carboxylic acids is 2. The van der Waals surface area contributed by atoms with Gasteiger partial charge in [-0.3, -0.25) is 14.5 Å². The van der Waals surface area contributed by atoms with Gasteiger partial charge in [-0.25, -0.2) is 0 Å². The first-order valence-electron chi connectivity index (χ1n) is 10.9. The fraction of sp³-hybridized carbons (Fsp3) is 0.652. The molecule has 3 rings (SSSR count). The molecule has 1 atom stereocenters. The molecule has 0 aromatic heterocycles. The van der Waals surface area contributed by atoms with Gasteiger partial charge in [-0.15, -0.1) is 0 Å². The second-order valence-corrected chi connectivity index (χ2v) is 8.66. The van der Waals surface area contributed by atoms with Gasteiger partial charge in [0.05, 0.1) is 18.7 Å². The van der Waals surface area contributed by atoms with Crippen LogP contribution in [0.2, 0.25) is 0 Å². The molecular formula is C23H35N3O3. The third kappa shape index (κ3) is 5.30. The van der Waals surface area contributed by atoms with Crippen molar-refractivity contribution < 1.29 is 14.3 Å². The maximum absolute atomic E-state index is 13.0. The van der Waals surface area contributed by atoms with Gasteiger partial charge in [0.15, 0.2) is 0 Å². The summed E-state index contributed by atoms with van der Waals surface area (Å²) in [7, 11) is 1.59. The number of methoxy groups -OCH3 is 1. The number of benzene rings is 1. The van der Waals surface area contributed by atoms with Crippen LogP contribution in [-0.4, -0.2) is 67.5 Å². The highest BCUT2D eigenvalue weighted by Crippen LogP contribution is 2.31. The molecule has 0 bridgehead atoms. The van der Waals surface area contributed by atoms with Crippen LogP contribution in [0.25, 0.3) is 0 Å². The Morgan fingerprint density at radius 2 is 1.76 bits per heavy atom. The van der Waals surface area contributed by atoms with Gasteiger partial charge in [0.1, 0.15) is 5.75 Å². The van der Waals surface area contributed by atoms with E-state index in [1.807, 2.05) is 29.2 Å². The summed E-state index contributed by atoms with van der Waals surface area (Å²) in [5.74, 6) is 1.65. The molecule has 1 aromatic carbocycles. The van der Waals surface area contributed by atoms with Crippen LogP contribution in [0.1, 0.15) is 49.9 Å². The van der Waals surface area contributed by atoms with E-state index < -0.39 is 0 Å². The van der Waals surface area contributed by atoms with E-state index in [0.717, 1.165) is 25.9 Å². The standard InChI is InChI=1S/C23H35N3O3/c1-17(2)16-24-22(27)21(18-8-4-5-9-18)25-12-14-26(15-13-25)23(28)19-10-6-7-11-20(19)29-3/h6-7,10-11,17-18,21H,4-5,8-9,12-16H2,1-3H3,(H,24,27)/t21-/m0/s1. The Labute approximate surface area is 174 Å². The van der Waals surface area contributed by atoms with Crippen LogP contribution in [0.5, 0.6) is 5.75 Å². The molecule has 6 heteroatoms. The molecule has 2 amide bonds. The molecule has 2 fully saturated rings. The molecule has 1 saturated carbocycles. The van der Waals surface area contributed by atoms with E-state index in [2.05, 4.69) is 24.1 Å². The highest BCUT2D eigenvalue weighted by molar-refractivity contribution is 5.97. The lowest BCUT2D eigenvalue weighted by Crippen LogP contribution is -2.58. The van der Waals surface area contributed by atoms with Crippen LogP contribution in [0.4, 0.5) is 0 Å². The van der Waals surface area contributed by atoms with E-state index >= 15 is 0 Å². The van der Waals surface area contributed by atoms with Crippen molar-refractivity contribution in [3.63, 3.8) is 0 Å². The van der Waals surface area contributed by atoms with Crippen LogP contribution >= 0.6 is 0 Å². The highest BCUT2D eigenvalue weighted by atomic mass is 16.5. The summed E-state index contributed by atoms with van der Waals surface area (Å²) in [6.07, 6.45) is 4.68. The van der Waals surface area contributed by atoms with Crippen LogP contribution in [0.3, 0.4) is 0 Å². The van der Waals surface area contributed by atoms with E-state index in [1.165, 1.54) is 12.8 Å². The molecule has 160 valence electrons. The smallest absolute Gasteiger partial charge is 0.257 e. The zero-order valence-electron chi connectivity index (χ0n) is 18.0. The molecule has 0 unspecified atom stereocenters. The Kier molecular flexibility index (Phi) is 7.53. The Bertz CT molecular complexity index is 692. The molecule has 1 aliphatic heterocycles. The number of amides is 2. The molecule has 1 N–H and O–H groups in total. The van der Waals surface area contributed by atoms with Gasteiger partial charge < -0.3 is 15.0 Å². The van der Waals surface area contributed by atoms with Crippen LogP contribution in [-0.2, 0) is 4.79 Å². The van der Waals surface area contributed by atoms with Gasteiger partial charge in [-0.05, 0) is 36.8 Å². The van der Waals surface area contributed by atoms with Crippen molar-refractivity contribution in [2.45, 2.75) is 45.6 Å². The highest BCUT2D eigenvalue weighted by Gasteiger charge is 2.37. The summed E-state index contributed by atoms with van der Waals surface area (Å²) < 4.78 is 5.35. The maximum atomic E-state index is 13.0. The summed E-state index contributed by atoms with van der Waals surface area (Å²) >= 11 is 0. The van der Waals surface area contributed by atoms with Gasteiger partial charge >= 0.3 is 0 Å². The molecule has 29 heavy (non-hydrogen) atoms. The molecule has 2 aliphatic rings. The molecule has 0 radical (unpaired) electrons. The summed E-state index contributed by atoms with van der Waals surface area (Å²) in [5.41, 5.74) is 0.602.